The van der Waals surface area contributed by atoms with Crippen molar-refractivity contribution < 1.29 is 18.1 Å². The standard InChI is InChI=1S/C13H7Cl2F3N2O2/c14-10-3-1-7(5-11(10)15)19-12-4-2-8(20(21)22)6-9(12)13(16,17)18/h1-6,19H. The molecule has 0 aromatic heterocycles. The van der Waals surface area contributed by atoms with Gasteiger partial charge in [-0.3, -0.25) is 10.1 Å². The second-order valence-corrected chi connectivity index (χ2v) is 5.05. The molecule has 0 heterocycles. The summed E-state index contributed by atoms with van der Waals surface area (Å²) >= 11 is 11.5. The van der Waals surface area contributed by atoms with Crippen molar-refractivity contribution in [2.75, 3.05) is 5.32 Å². The highest BCUT2D eigenvalue weighted by atomic mass is 35.5. The molecule has 0 saturated carbocycles. The quantitative estimate of drug-likeness (QED) is 0.573. The van der Waals surface area contributed by atoms with E-state index in [1.807, 2.05) is 0 Å². The van der Waals surface area contributed by atoms with Crippen LogP contribution in [-0.4, -0.2) is 4.92 Å². The van der Waals surface area contributed by atoms with E-state index in [4.69, 9.17) is 23.2 Å². The van der Waals surface area contributed by atoms with Crippen LogP contribution < -0.4 is 5.32 Å². The first-order chi connectivity index (χ1) is 10.2. The number of nitrogens with zero attached hydrogens (tertiary/aromatic N) is 1. The van der Waals surface area contributed by atoms with E-state index in [1.165, 1.54) is 18.2 Å². The minimum absolute atomic E-state index is 0.169. The second-order valence-electron chi connectivity index (χ2n) is 4.24. The number of non-ortho nitro benzene ring substituents is 1. The van der Waals surface area contributed by atoms with Crippen molar-refractivity contribution in [3.63, 3.8) is 0 Å². The van der Waals surface area contributed by atoms with E-state index >= 15 is 0 Å². The number of nitro benzene ring substituents is 1. The summed E-state index contributed by atoms with van der Waals surface area (Å²) in [5.41, 5.74) is -1.84. The molecule has 116 valence electrons. The zero-order valence-electron chi connectivity index (χ0n) is 10.6. The number of benzene rings is 2. The number of alkyl halides is 3. The van der Waals surface area contributed by atoms with Gasteiger partial charge >= 0.3 is 6.18 Å². The monoisotopic (exact) mass is 350 g/mol. The third-order valence-electron chi connectivity index (χ3n) is 2.72. The first-order valence-electron chi connectivity index (χ1n) is 5.76. The van der Waals surface area contributed by atoms with Gasteiger partial charge in [0.25, 0.3) is 5.69 Å². The van der Waals surface area contributed by atoms with E-state index in [-0.39, 0.29) is 21.4 Å². The number of nitro groups is 1. The summed E-state index contributed by atoms with van der Waals surface area (Å²) in [6.45, 7) is 0. The van der Waals surface area contributed by atoms with Gasteiger partial charge in [-0.2, -0.15) is 13.2 Å². The molecule has 0 unspecified atom stereocenters. The Morgan fingerprint density at radius 2 is 1.73 bits per heavy atom. The molecule has 9 heteroatoms. The molecule has 0 aliphatic carbocycles. The highest BCUT2D eigenvalue weighted by molar-refractivity contribution is 6.42. The number of halogens is 5. The highest BCUT2D eigenvalue weighted by Crippen LogP contribution is 2.38. The van der Waals surface area contributed by atoms with Gasteiger partial charge < -0.3 is 5.32 Å². The van der Waals surface area contributed by atoms with E-state index in [9.17, 15) is 23.3 Å². The molecule has 1 N–H and O–H groups in total. The molecule has 0 bridgehead atoms. The van der Waals surface area contributed by atoms with Gasteiger partial charge in [-0.15, -0.1) is 0 Å². The molecule has 4 nitrogen and oxygen atoms in total. The van der Waals surface area contributed by atoms with Crippen LogP contribution >= 0.6 is 23.2 Å². The molecule has 0 atom stereocenters. The molecule has 0 radical (unpaired) electrons. The Labute approximate surface area is 132 Å². The summed E-state index contributed by atoms with van der Waals surface area (Å²) in [4.78, 5) is 9.73. The number of anilines is 2. The van der Waals surface area contributed by atoms with Crippen LogP contribution in [0.25, 0.3) is 0 Å². The highest BCUT2D eigenvalue weighted by Gasteiger charge is 2.35. The molecule has 0 aliphatic rings. The Balaban J connectivity index is 2.45. The van der Waals surface area contributed by atoms with Crippen LogP contribution in [0.1, 0.15) is 5.56 Å². The van der Waals surface area contributed by atoms with E-state index in [0.29, 0.717) is 6.07 Å². The third kappa shape index (κ3) is 3.61. The lowest BCUT2D eigenvalue weighted by molar-refractivity contribution is -0.385. The van der Waals surface area contributed by atoms with E-state index in [2.05, 4.69) is 5.32 Å². The largest absolute Gasteiger partial charge is 0.418 e. The predicted molar refractivity (Wildman–Crippen MR) is 77.8 cm³/mol. The van der Waals surface area contributed by atoms with E-state index < -0.39 is 22.4 Å². The lowest BCUT2D eigenvalue weighted by atomic mass is 10.1. The predicted octanol–water partition coefficient (Wildman–Crippen LogP) is 5.66. The normalized spacial score (nSPS) is 11.3. The Morgan fingerprint density at radius 3 is 2.27 bits per heavy atom. The van der Waals surface area contributed by atoms with Gasteiger partial charge in [-0.25, -0.2) is 0 Å². The fourth-order valence-electron chi connectivity index (χ4n) is 1.72. The summed E-state index contributed by atoms with van der Waals surface area (Å²) in [7, 11) is 0. The van der Waals surface area contributed by atoms with Crippen molar-refractivity contribution >= 4 is 40.3 Å². The summed E-state index contributed by atoms with van der Waals surface area (Å²) in [6, 6.07) is 6.66. The lowest BCUT2D eigenvalue weighted by Crippen LogP contribution is -2.09. The van der Waals surface area contributed by atoms with Crippen LogP contribution in [0, 0.1) is 10.1 Å². The lowest BCUT2D eigenvalue weighted by Gasteiger charge is -2.14. The molecule has 2 rings (SSSR count). The van der Waals surface area contributed by atoms with Crippen molar-refractivity contribution in [3.8, 4) is 0 Å². The van der Waals surface area contributed by atoms with Crippen molar-refractivity contribution in [1.29, 1.82) is 0 Å². The molecular weight excluding hydrogens is 344 g/mol. The summed E-state index contributed by atoms with van der Waals surface area (Å²) in [5, 5.41) is 13.6. The molecule has 0 amide bonds. The van der Waals surface area contributed by atoms with Gasteiger partial charge in [0, 0.05) is 17.8 Å². The summed E-state index contributed by atoms with van der Waals surface area (Å²) in [5.74, 6) is 0. The van der Waals surface area contributed by atoms with Crippen LogP contribution in [0.15, 0.2) is 36.4 Å². The van der Waals surface area contributed by atoms with Gasteiger partial charge in [0.15, 0.2) is 0 Å². The number of nitrogens with one attached hydrogen (secondary N) is 1. The first-order valence-corrected chi connectivity index (χ1v) is 6.52. The fourth-order valence-corrected chi connectivity index (χ4v) is 2.02. The minimum atomic E-state index is -4.75. The third-order valence-corrected chi connectivity index (χ3v) is 3.46. The zero-order valence-corrected chi connectivity index (χ0v) is 12.1. The Morgan fingerprint density at radius 1 is 1.05 bits per heavy atom. The van der Waals surface area contributed by atoms with Crippen molar-refractivity contribution in [3.05, 3.63) is 62.1 Å². The smallest absolute Gasteiger partial charge is 0.355 e. The number of hydrogen-bond donors (Lipinski definition) is 1. The van der Waals surface area contributed by atoms with Gasteiger partial charge in [0.2, 0.25) is 0 Å². The van der Waals surface area contributed by atoms with Crippen LogP contribution in [0.3, 0.4) is 0 Å². The van der Waals surface area contributed by atoms with Gasteiger partial charge in [0.1, 0.15) is 0 Å². The van der Waals surface area contributed by atoms with Crippen LogP contribution in [-0.2, 0) is 6.18 Å². The molecule has 0 fully saturated rings. The molecular formula is C13H7Cl2F3N2O2. The van der Waals surface area contributed by atoms with E-state index in [1.54, 1.807) is 0 Å². The molecule has 22 heavy (non-hydrogen) atoms. The maximum absolute atomic E-state index is 13.0. The second kappa shape index (κ2) is 6.02. The van der Waals surface area contributed by atoms with Gasteiger partial charge in [0.05, 0.1) is 26.2 Å². The minimum Gasteiger partial charge on any atom is -0.355 e. The SMILES string of the molecule is O=[N+]([O-])c1ccc(Nc2ccc(Cl)c(Cl)c2)c(C(F)(F)F)c1. The average molecular weight is 351 g/mol. The molecule has 2 aromatic carbocycles. The van der Waals surface area contributed by atoms with Crippen molar-refractivity contribution in [2.45, 2.75) is 6.18 Å². The fraction of sp³-hybridized carbons (Fsp3) is 0.0769. The van der Waals surface area contributed by atoms with Crippen LogP contribution in [0.2, 0.25) is 10.0 Å². The maximum Gasteiger partial charge on any atom is 0.418 e. The average Bonchev–Trinajstić information content (AvgIpc) is 2.42. The van der Waals surface area contributed by atoms with Crippen LogP contribution in [0.5, 0.6) is 0 Å². The van der Waals surface area contributed by atoms with Crippen LogP contribution in [0.4, 0.5) is 30.2 Å². The van der Waals surface area contributed by atoms with Crippen molar-refractivity contribution in [1.82, 2.24) is 0 Å². The maximum atomic E-state index is 13.0. The Kier molecular flexibility index (Phi) is 4.48. The van der Waals surface area contributed by atoms with Gasteiger partial charge in [-0.1, -0.05) is 23.2 Å². The topological polar surface area (TPSA) is 55.2 Å². The number of hydrogen-bond acceptors (Lipinski definition) is 3. The molecule has 0 saturated heterocycles. The molecule has 0 spiro atoms. The summed E-state index contributed by atoms with van der Waals surface area (Å²) in [6.07, 6.45) is -4.75. The molecule has 0 aliphatic heterocycles. The molecule has 2 aromatic rings. The van der Waals surface area contributed by atoms with Crippen molar-refractivity contribution in [2.24, 2.45) is 0 Å². The Hall–Kier alpha value is -1.99. The Bertz CT molecular complexity index is 736. The zero-order chi connectivity index (χ0) is 16.5. The number of rotatable bonds is 3. The first kappa shape index (κ1) is 16.4. The van der Waals surface area contributed by atoms with Gasteiger partial charge in [-0.05, 0) is 24.3 Å². The van der Waals surface area contributed by atoms with E-state index in [0.717, 1.165) is 12.1 Å². The summed E-state index contributed by atoms with van der Waals surface area (Å²) < 4.78 is 39.1.